The molecule has 0 amide bonds. The molecule has 1 aromatic carbocycles. The number of benzene rings is 1. The van der Waals surface area contributed by atoms with Crippen molar-refractivity contribution in [3.63, 3.8) is 0 Å². The van der Waals surface area contributed by atoms with Gasteiger partial charge in [-0.2, -0.15) is 5.10 Å². The standard InChI is InChI=1S/C20H20N2O6/c1-20(2,3)28-19(25)16-15(18(24)27-5)14(17(23)26-4)13-10-11-8-6-7-9-12(11)21-22(13)16/h6-10H,1-5H3. The molecule has 0 N–H and O–H groups in total. The van der Waals surface area contributed by atoms with Crippen molar-refractivity contribution in [3.8, 4) is 0 Å². The summed E-state index contributed by atoms with van der Waals surface area (Å²) in [5.41, 5.74) is -0.547. The molecule has 0 saturated heterocycles. The molecule has 3 rings (SSSR count). The van der Waals surface area contributed by atoms with Crippen molar-refractivity contribution >= 4 is 34.3 Å². The smallest absolute Gasteiger partial charge is 0.358 e. The van der Waals surface area contributed by atoms with E-state index in [-0.39, 0.29) is 22.3 Å². The van der Waals surface area contributed by atoms with Gasteiger partial charge in [-0.3, -0.25) is 0 Å². The van der Waals surface area contributed by atoms with Crippen LogP contribution in [0.4, 0.5) is 0 Å². The molecule has 0 atom stereocenters. The van der Waals surface area contributed by atoms with Gasteiger partial charge in [0.1, 0.15) is 16.7 Å². The highest BCUT2D eigenvalue weighted by Gasteiger charge is 2.35. The summed E-state index contributed by atoms with van der Waals surface area (Å²) >= 11 is 0. The summed E-state index contributed by atoms with van der Waals surface area (Å²) in [7, 11) is 2.35. The molecule has 28 heavy (non-hydrogen) atoms. The third-order valence-electron chi connectivity index (χ3n) is 3.99. The van der Waals surface area contributed by atoms with Crippen LogP contribution < -0.4 is 0 Å². The lowest BCUT2D eigenvalue weighted by atomic mass is 10.1. The minimum atomic E-state index is -0.865. The Kier molecular flexibility index (Phi) is 4.80. The van der Waals surface area contributed by atoms with E-state index in [1.165, 1.54) is 11.6 Å². The van der Waals surface area contributed by atoms with Crippen LogP contribution in [-0.2, 0) is 14.2 Å². The number of methoxy groups -OCH3 is 2. The first-order valence-electron chi connectivity index (χ1n) is 8.52. The Labute approximate surface area is 161 Å². The number of hydrogen-bond acceptors (Lipinski definition) is 7. The van der Waals surface area contributed by atoms with Crippen LogP contribution in [0.1, 0.15) is 52.0 Å². The molecule has 0 spiro atoms. The van der Waals surface area contributed by atoms with Crippen LogP contribution in [0.25, 0.3) is 16.4 Å². The normalized spacial score (nSPS) is 11.5. The van der Waals surface area contributed by atoms with Crippen molar-refractivity contribution in [1.82, 2.24) is 9.61 Å². The van der Waals surface area contributed by atoms with Gasteiger partial charge in [0, 0.05) is 5.39 Å². The molecule has 0 radical (unpaired) electrons. The van der Waals surface area contributed by atoms with Crippen molar-refractivity contribution < 1.29 is 28.6 Å². The van der Waals surface area contributed by atoms with Gasteiger partial charge in [0.15, 0.2) is 5.69 Å². The van der Waals surface area contributed by atoms with Gasteiger partial charge < -0.3 is 14.2 Å². The van der Waals surface area contributed by atoms with Crippen LogP contribution in [0.15, 0.2) is 30.3 Å². The molecule has 8 heteroatoms. The van der Waals surface area contributed by atoms with E-state index in [1.807, 2.05) is 6.07 Å². The Morgan fingerprint density at radius 3 is 2.14 bits per heavy atom. The maximum atomic E-state index is 12.9. The number of carbonyl (C=O) groups excluding carboxylic acids is 3. The second-order valence-electron chi connectivity index (χ2n) is 7.08. The van der Waals surface area contributed by atoms with Gasteiger partial charge in [0.2, 0.25) is 0 Å². The summed E-state index contributed by atoms with van der Waals surface area (Å²) in [4.78, 5) is 38.0. The fourth-order valence-electron chi connectivity index (χ4n) is 2.90. The quantitative estimate of drug-likeness (QED) is 0.506. The Morgan fingerprint density at radius 2 is 1.54 bits per heavy atom. The highest BCUT2D eigenvalue weighted by Crippen LogP contribution is 2.29. The summed E-state index contributed by atoms with van der Waals surface area (Å²) in [6.07, 6.45) is 0. The van der Waals surface area contributed by atoms with Crippen molar-refractivity contribution in [2.45, 2.75) is 26.4 Å². The van der Waals surface area contributed by atoms with E-state index < -0.39 is 23.5 Å². The van der Waals surface area contributed by atoms with E-state index in [0.717, 1.165) is 12.5 Å². The fraction of sp³-hybridized carbons (Fsp3) is 0.300. The number of nitrogens with zero attached hydrogens (tertiary/aromatic N) is 2. The van der Waals surface area contributed by atoms with Crippen molar-refractivity contribution in [2.75, 3.05) is 14.2 Å². The highest BCUT2D eigenvalue weighted by molar-refractivity contribution is 6.15. The molecule has 8 nitrogen and oxygen atoms in total. The number of fused-ring (bicyclic) bond motifs is 2. The van der Waals surface area contributed by atoms with Gasteiger partial charge in [-0.15, -0.1) is 0 Å². The average molecular weight is 384 g/mol. The lowest BCUT2D eigenvalue weighted by Crippen LogP contribution is -2.26. The molecule has 3 aromatic rings. The molecule has 0 aliphatic heterocycles. The molecule has 0 fully saturated rings. The van der Waals surface area contributed by atoms with Crippen LogP contribution in [0.2, 0.25) is 0 Å². The molecule has 2 heterocycles. The van der Waals surface area contributed by atoms with Gasteiger partial charge in [-0.05, 0) is 32.9 Å². The summed E-state index contributed by atoms with van der Waals surface area (Å²) < 4.78 is 16.3. The number of aromatic nitrogens is 2. The first-order valence-corrected chi connectivity index (χ1v) is 8.52. The second kappa shape index (κ2) is 6.95. The zero-order chi connectivity index (χ0) is 20.6. The van der Waals surface area contributed by atoms with Crippen LogP contribution in [0.5, 0.6) is 0 Å². The van der Waals surface area contributed by atoms with Crippen molar-refractivity contribution in [2.24, 2.45) is 0 Å². The summed E-state index contributed by atoms with van der Waals surface area (Å²) in [6.45, 7) is 5.09. The molecule has 0 saturated carbocycles. The SMILES string of the molecule is COC(=O)c1c(C(=O)OC)c2cc3ccccc3nn2c1C(=O)OC(C)(C)C. The number of hydrogen-bond donors (Lipinski definition) is 0. The summed E-state index contributed by atoms with van der Waals surface area (Å²) in [5.74, 6) is -2.46. The van der Waals surface area contributed by atoms with Crippen LogP contribution in [0.3, 0.4) is 0 Å². The van der Waals surface area contributed by atoms with Crippen molar-refractivity contribution in [1.29, 1.82) is 0 Å². The minimum Gasteiger partial charge on any atom is -0.465 e. The average Bonchev–Trinajstić information content (AvgIpc) is 2.97. The molecular weight excluding hydrogens is 364 g/mol. The summed E-state index contributed by atoms with van der Waals surface area (Å²) in [6, 6.07) is 8.83. The predicted octanol–water partition coefficient (Wildman–Crippen LogP) is 3.02. The van der Waals surface area contributed by atoms with E-state index >= 15 is 0 Å². The third kappa shape index (κ3) is 3.28. The molecular formula is C20H20N2O6. The van der Waals surface area contributed by atoms with E-state index in [1.54, 1.807) is 45.0 Å². The number of esters is 3. The topological polar surface area (TPSA) is 96.2 Å². The maximum Gasteiger partial charge on any atom is 0.358 e. The molecule has 2 aromatic heterocycles. The number of rotatable bonds is 3. The number of carbonyl (C=O) groups is 3. The monoisotopic (exact) mass is 384 g/mol. The van der Waals surface area contributed by atoms with Crippen LogP contribution >= 0.6 is 0 Å². The van der Waals surface area contributed by atoms with Crippen LogP contribution in [-0.4, -0.2) is 47.3 Å². The van der Waals surface area contributed by atoms with E-state index in [9.17, 15) is 14.4 Å². The van der Waals surface area contributed by atoms with E-state index in [0.29, 0.717) is 5.52 Å². The Balaban J connectivity index is 2.46. The van der Waals surface area contributed by atoms with Gasteiger partial charge >= 0.3 is 17.9 Å². The Morgan fingerprint density at radius 1 is 0.929 bits per heavy atom. The van der Waals surface area contributed by atoms with Gasteiger partial charge in [-0.1, -0.05) is 18.2 Å². The van der Waals surface area contributed by atoms with Gasteiger partial charge in [0.25, 0.3) is 0 Å². The minimum absolute atomic E-state index is 0.103. The first-order chi connectivity index (χ1) is 13.2. The lowest BCUT2D eigenvalue weighted by molar-refractivity contribution is 0.00561. The Hall–Kier alpha value is -3.42. The zero-order valence-corrected chi connectivity index (χ0v) is 16.2. The largest absolute Gasteiger partial charge is 0.465 e. The maximum absolute atomic E-state index is 12.9. The van der Waals surface area contributed by atoms with Crippen LogP contribution in [0, 0.1) is 0 Å². The Bertz CT molecular complexity index is 1110. The zero-order valence-electron chi connectivity index (χ0n) is 16.2. The van der Waals surface area contributed by atoms with Gasteiger partial charge in [-0.25, -0.2) is 18.9 Å². The molecule has 0 unspecified atom stereocenters. The lowest BCUT2D eigenvalue weighted by Gasteiger charge is -2.19. The second-order valence-corrected chi connectivity index (χ2v) is 7.08. The molecule has 0 aliphatic rings. The molecule has 0 aliphatic carbocycles. The van der Waals surface area contributed by atoms with Gasteiger partial charge in [0.05, 0.1) is 25.3 Å². The first kappa shape index (κ1) is 19.3. The highest BCUT2D eigenvalue weighted by atomic mass is 16.6. The molecule has 0 bridgehead atoms. The third-order valence-corrected chi connectivity index (χ3v) is 3.99. The number of ether oxygens (including phenoxy) is 3. The molecule has 146 valence electrons. The summed E-state index contributed by atoms with van der Waals surface area (Å²) in [5, 5.41) is 5.17. The van der Waals surface area contributed by atoms with E-state index in [4.69, 9.17) is 14.2 Å². The van der Waals surface area contributed by atoms with Crippen molar-refractivity contribution in [3.05, 3.63) is 47.2 Å². The predicted molar refractivity (Wildman–Crippen MR) is 101 cm³/mol. The van der Waals surface area contributed by atoms with E-state index in [2.05, 4.69) is 5.10 Å². The fourth-order valence-corrected chi connectivity index (χ4v) is 2.90.